The van der Waals surface area contributed by atoms with E-state index >= 15 is 0 Å². The lowest BCUT2D eigenvalue weighted by atomic mass is 10.1. The molecule has 0 bridgehead atoms. The first-order valence-electron chi connectivity index (χ1n) is 6.11. The third-order valence-corrected chi connectivity index (χ3v) is 3.83. The Labute approximate surface area is 123 Å². The van der Waals surface area contributed by atoms with Gasteiger partial charge in [-0.2, -0.15) is 0 Å². The highest BCUT2D eigenvalue weighted by molar-refractivity contribution is 9.10. The van der Waals surface area contributed by atoms with Crippen LogP contribution >= 0.6 is 15.9 Å². The molecule has 20 heavy (non-hydrogen) atoms. The molecule has 2 aromatic rings. The summed E-state index contributed by atoms with van der Waals surface area (Å²) >= 11 is 3.37. The van der Waals surface area contributed by atoms with Gasteiger partial charge in [-0.15, -0.1) is 0 Å². The molecule has 1 amide bonds. The lowest BCUT2D eigenvalue weighted by Crippen LogP contribution is -2.29. The van der Waals surface area contributed by atoms with Crippen LogP contribution in [-0.2, 0) is 6.42 Å². The molecule has 0 spiro atoms. The molecule has 102 valence electrons. The minimum atomic E-state index is -0.707. The Morgan fingerprint density at radius 3 is 2.75 bits per heavy atom. The predicted molar refractivity (Wildman–Crippen MR) is 75.9 cm³/mol. The summed E-state index contributed by atoms with van der Waals surface area (Å²) in [5, 5.41) is 0. The first-order chi connectivity index (χ1) is 9.56. The van der Waals surface area contributed by atoms with Gasteiger partial charge in [0.15, 0.2) is 0 Å². The van der Waals surface area contributed by atoms with Gasteiger partial charge in [-0.1, -0.05) is 15.9 Å². The van der Waals surface area contributed by atoms with Crippen LogP contribution in [0.1, 0.15) is 15.9 Å². The molecule has 3 rings (SSSR count). The van der Waals surface area contributed by atoms with E-state index in [9.17, 15) is 13.6 Å². The van der Waals surface area contributed by atoms with Crippen LogP contribution in [0.2, 0.25) is 0 Å². The lowest BCUT2D eigenvalue weighted by molar-refractivity contribution is 0.0985. The average molecular weight is 338 g/mol. The van der Waals surface area contributed by atoms with Crippen molar-refractivity contribution in [2.24, 2.45) is 0 Å². The summed E-state index contributed by atoms with van der Waals surface area (Å²) in [5.74, 6) is -1.84. The van der Waals surface area contributed by atoms with E-state index in [1.165, 1.54) is 4.90 Å². The molecule has 1 aliphatic rings. The normalized spacial score (nSPS) is 13.4. The molecule has 2 nitrogen and oxygen atoms in total. The number of halogens is 3. The number of carbonyl (C=O) groups is 1. The number of benzene rings is 2. The molecular weight excluding hydrogens is 328 g/mol. The molecule has 0 saturated carbocycles. The summed E-state index contributed by atoms with van der Waals surface area (Å²) in [6, 6.07) is 8.48. The van der Waals surface area contributed by atoms with Crippen molar-refractivity contribution in [2.45, 2.75) is 6.42 Å². The van der Waals surface area contributed by atoms with Gasteiger partial charge in [-0.05, 0) is 48.4 Å². The highest BCUT2D eigenvalue weighted by Gasteiger charge is 2.27. The number of amides is 1. The number of hydrogen-bond acceptors (Lipinski definition) is 1. The van der Waals surface area contributed by atoms with Crippen molar-refractivity contribution < 1.29 is 13.6 Å². The Morgan fingerprint density at radius 2 is 1.95 bits per heavy atom. The van der Waals surface area contributed by atoms with Crippen molar-refractivity contribution >= 4 is 27.5 Å². The van der Waals surface area contributed by atoms with Crippen LogP contribution < -0.4 is 4.90 Å². The fourth-order valence-electron chi connectivity index (χ4n) is 2.39. The van der Waals surface area contributed by atoms with E-state index in [-0.39, 0.29) is 5.56 Å². The van der Waals surface area contributed by atoms with Crippen LogP contribution in [0.4, 0.5) is 14.5 Å². The van der Waals surface area contributed by atoms with Crippen molar-refractivity contribution in [2.75, 3.05) is 11.4 Å². The summed E-state index contributed by atoms with van der Waals surface area (Å²) in [6.45, 7) is 0.473. The van der Waals surface area contributed by atoms with Gasteiger partial charge in [-0.3, -0.25) is 4.79 Å². The quantitative estimate of drug-likeness (QED) is 0.772. The molecular formula is C15H10BrF2NO. The smallest absolute Gasteiger partial charge is 0.261 e. The molecule has 1 heterocycles. The van der Waals surface area contributed by atoms with E-state index in [0.29, 0.717) is 13.0 Å². The number of hydrogen-bond donors (Lipinski definition) is 0. The van der Waals surface area contributed by atoms with Crippen LogP contribution in [0, 0.1) is 11.6 Å². The van der Waals surface area contributed by atoms with E-state index in [1.54, 1.807) is 0 Å². The van der Waals surface area contributed by atoms with Crippen LogP contribution in [0.3, 0.4) is 0 Å². The summed E-state index contributed by atoms with van der Waals surface area (Å²) in [5.41, 5.74) is 1.53. The first-order valence-corrected chi connectivity index (χ1v) is 6.91. The second-order valence-corrected chi connectivity index (χ2v) is 5.52. The largest absolute Gasteiger partial charge is 0.308 e. The zero-order chi connectivity index (χ0) is 14.3. The third-order valence-electron chi connectivity index (χ3n) is 3.34. The van der Waals surface area contributed by atoms with Crippen LogP contribution in [-0.4, -0.2) is 12.5 Å². The molecule has 0 radical (unpaired) electrons. The summed E-state index contributed by atoms with van der Waals surface area (Å²) in [7, 11) is 0. The van der Waals surface area contributed by atoms with Crippen molar-refractivity contribution in [3.63, 3.8) is 0 Å². The van der Waals surface area contributed by atoms with Crippen LogP contribution in [0.15, 0.2) is 40.9 Å². The number of nitrogens with zero attached hydrogens (tertiary/aromatic N) is 1. The van der Waals surface area contributed by atoms with E-state index in [4.69, 9.17) is 0 Å². The minimum Gasteiger partial charge on any atom is -0.308 e. The molecule has 0 unspecified atom stereocenters. The van der Waals surface area contributed by atoms with E-state index in [0.717, 1.165) is 33.9 Å². The van der Waals surface area contributed by atoms with E-state index < -0.39 is 17.5 Å². The topological polar surface area (TPSA) is 20.3 Å². The van der Waals surface area contributed by atoms with Crippen molar-refractivity contribution in [1.82, 2.24) is 0 Å². The van der Waals surface area contributed by atoms with Gasteiger partial charge in [0.05, 0.1) is 5.56 Å². The summed E-state index contributed by atoms with van der Waals surface area (Å²) in [4.78, 5) is 13.9. The zero-order valence-electron chi connectivity index (χ0n) is 10.4. The molecule has 1 aliphatic heterocycles. The van der Waals surface area contributed by atoms with E-state index in [2.05, 4.69) is 15.9 Å². The lowest BCUT2D eigenvalue weighted by Gasteiger charge is -2.17. The van der Waals surface area contributed by atoms with Crippen LogP contribution in [0.5, 0.6) is 0 Å². The molecule has 0 aromatic heterocycles. The van der Waals surface area contributed by atoms with Gasteiger partial charge in [-0.25, -0.2) is 8.78 Å². The number of fused-ring (bicyclic) bond motifs is 1. The highest BCUT2D eigenvalue weighted by Crippen LogP contribution is 2.32. The molecule has 0 atom stereocenters. The van der Waals surface area contributed by atoms with Gasteiger partial charge in [0, 0.05) is 16.7 Å². The third kappa shape index (κ3) is 2.22. The first kappa shape index (κ1) is 13.2. The Balaban J connectivity index is 2.00. The number of rotatable bonds is 1. The summed E-state index contributed by atoms with van der Waals surface area (Å²) in [6.07, 6.45) is 0.706. The second kappa shape index (κ2) is 4.98. The van der Waals surface area contributed by atoms with Crippen molar-refractivity contribution in [3.8, 4) is 0 Å². The zero-order valence-corrected chi connectivity index (χ0v) is 12.0. The Bertz CT molecular complexity index is 702. The molecule has 2 aromatic carbocycles. The Morgan fingerprint density at radius 1 is 1.15 bits per heavy atom. The Hall–Kier alpha value is -1.75. The standard InChI is InChI=1S/C15H10BrF2NO/c16-10-1-4-14-9(7-10)5-6-19(14)15(20)12-8-11(17)2-3-13(12)18/h1-4,7-8H,5-6H2. The van der Waals surface area contributed by atoms with Gasteiger partial charge in [0.25, 0.3) is 5.91 Å². The maximum Gasteiger partial charge on any atom is 0.261 e. The maximum atomic E-state index is 13.7. The maximum absolute atomic E-state index is 13.7. The Kier molecular flexibility index (Phi) is 3.30. The molecule has 0 aliphatic carbocycles. The van der Waals surface area contributed by atoms with Gasteiger partial charge in [0.1, 0.15) is 11.6 Å². The fourth-order valence-corrected chi connectivity index (χ4v) is 2.80. The second-order valence-electron chi connectivity index (χ2n) is 4.60. The fraction of sp³-hybridized carbons (Fsp3) is 0.133. The molecule has 5 heteroatoms. The molecule has 0 fully saturated rings. The summed E-state index contributed by atoms with van der Waals surface area (Å²) < 4.78 is 27.8. The van der Waals surface area contributed by atoms with E-state index in [1.807, 2.05) is 18.2 Å². The monoisotopic (exact) mass is 337 g/mol. The van der Waals surface area contributed by atoms with Gasteiger partial charge < -0.3 is 4.90 Å². The number of carbonyl (C=O) groups excluding carboxylic acids is 1. The number of anilines is 1. The SMILES string of the molecule is O=C(c1cc(F)ccc1F)N1CCc2cc(Br)ccc21. The minimum absolute atomic E-state index is 0.235. The van der Waals surface area contributed by atoms with Crippen LogP contribution in [0.25, 0.3) is 0 Å². The highest BCUT2D eigenvalue weighted by atomic mass is 79.9. The van der Waals surface area contributed by atoms with Crippen molar-refractivity contribution in [1.29, 1.82) is 0 Å². The molecule has 0 N–H and O–H groups in total. The predicted octanol–water partition coefficient (Wildman–Crippen LogP) is 3.93. The van der Waals surface area contributed by atoms with Gasteiger partial charge >= 0.3 is 0 Å². The van der Waals surface area contributed by atoms with Gasteiger partial charge in [0.2, 0.25) is 0 Å². The molecule has 0 saturated heterocycles. The van der Waals surface area contributed by atoms with Crippen molar-refractivity contribution in [3.05, 3.63) is 63.6 Å². The average Bonchev–Trinajstić information content (AvgIpc) is 2.83.